The third-order valence-electron chi connectivity index (χ3n) is 11.9. The molecular formula is C56H35NO2. The van der Waals surface area contributed by atoms with Gasteiger partial charge in [0.15, 0.2) is 0 Å². The number of nitrogens with zero attached hydrogens (tertiary/aromatic N) is 1. The third kappa shape index (κ3) is 5.51. The number of rotatable bonds is 6. The number of para-hydroxylation sites is 3. The van der Waals surface area contributed by atoms with Crippen LogP contribution >= 0.6 is 0 Å². The quantitative estimate of drug-likeness (QED) is 0.169. The van der Waals surface area contributed by atoms with E-state index in [-0.39, 0.29) is 0 Å². The van der Waals surface area contributed by atoms with Crippen LogP contribution in [0.4, 0.5) is 17.1 Å². The van der Waals surface area contributed by atoms with E-state index in [0.29, 0.717) is 0 Å². The molecule has 3 heteroatoms. The van der Waals surface area contributed by atoms with Gasteiger partial charge >= 0.3 is 0 Å². The molecule has 276 valence electrons. The zero-order valence-electron chi connectivity index (χ0n) is 32.0. The van der Waals surface area contributed by atoms with Crippen LogP contribution in [0, 0.1) is 0 Å². The van der Waals surface area contributed by atoms with Gasteiger partial charge in [-0.2, -0.15) is 0 Å². The second-order valence-corrected chi connectivity index (χ2v) is 15.3. The minimum Gasteiger partial charge on any atom is -0.456 e. The van der Waals surface area contributed by atoms with Crippen molar-refractivity contribution < 1.29 is 8.83 Å². The SMILES string of the molecule is c1ccc(N(c2ccc(-c3ccc4oc5ccccc5c4c3)cc2)c2ccc(-c3cccc4c3oc3c5ccccc5c(-c5ccc6ccccc6c5)cc43)cc2)cc1. The number of benzene rings is 10. The first-order chi connectivity index (χ1) is 29.2. The molecule has 0 aliphatic carbocycles. The Morgan fingerprint density at radius 1 is 0.271 bits per heavy atom. The molecule has 0 fully saturated rings. The lowest BCUT2D eigenvalue weighted by Gasteiger charge is -2.26. The largest absolute Gasteiger partial charge is 0.456 e. The first-order valence-electron chi connectivity index (χ1n) is 20.1. The molecule has 2 heterocycles. The highest BCUT2D eigenvalue weighted by Gasteiger charge is 2.19. The topological polar surface area (TPSA) is 29.5 Å². The number of furan rings is 2. The van der Waals surface area contributed by atoms with Crippen molar-refractivity contribution in [1.82, 2.24) is 0 Å². The molecule has 12 aromatic rings. The standard InChI is InChI=1S/C56H35NO2/c1-2-13-42(14-3-1)57(43-28-23-37(24-29-43)40-27-32-54-51(34-40)47-16-8-9-20-53(47)58-54)44-30-25-38(26-31-44)45-18-10-19-49-52-35-50(41-22-21-36-11-4-5-12-39(36)33-41)46-15-6-7-17-48(46)56(52)59-55(45)49/h1-35H. The van der Waals surface area contributed by atoms with Crippen LogP contribution in [-0.2, 0) is 0 Å². The second-order valence-electron chi connectivity index (χ2n) is 15.3. The van der Waals surface area contributed by atoms with Crippen molar-refractivity contribution >= 4 is 82.5 Å². The number of hydrogen-bond donors (Lipinski definition) is 0. The Morgan fingerprint density at radius 2 is 0.864 bits per heavy atom. The Hall–Kier alpha value is -7.88. The van der Waals surface area contributed by atoms with Crippen LogP contribution < -0.4 is 4.90 Å². The summed E-state index contributed by atoms with van der Waals surface area (Å²) < 4.78 is 13.0. The molecule has 0 amide bonds. The van der Waals surface area contributed by atoms with Crippen molar-refractivity contribution in [1.29, 1.82) is 0 Å². The van der Waals surface area contributed by atoms with Gasteiger partial charge in [0, 0.05) is 49.6 Å². The molecule has 0 spiro atoms. The van der Waals surface area contributed by atoms with Gasteiger partial charge in [-0.15, -0.1) is 0 Å². The molecule has 0 N–H and O–H groups in total. The molecule has 0 atom stereocenters. The lowest BCUT2D eigenvalue weighted by Crippen LogP contribution is -2.09. The van der Waals surface area contributed by atoms with Crippen molar-refractivity contribution in [2.24, 2.45) is 0 Å². The van der Waals surface area contributed by atoms with Gasteiger partial charge < -0.3 is 13.7 Å². The van der Waals surface area contributed by atoms with Crippen LogP contribution in [-0.4, -0.2) is 0 Å². The molecule has 0 aliphatic heterocycles. The first-order valence-corrected chi connectivity index (χ1v) is 20.1. The van der Waals surface area contributed by atoms with Gasteiger partial charge in [-0.3, -0.25) is 0 Å². The molecule has 0 bridgehead atoms. The lowest BCUT2D eigenvalue weighted by molar-refractivity contribution is 0.669. The third-order valence-corrected chi connectivity index (χ3v) is 11.9. The fourth-order valence-corrected chi connectivity index (χ4v) is 8.97. The van der Waals surface area contributed by atoms with E-state index in [1.165, 1.54) is 27.3 Å². The second kappa shape index (κ2) is 13.4. The molecule has 0 aliphatic rings. The highest BCUT2D eigenvalue weighted by Crippen LogP contribution is 2.44. The Bertz CT molecular complexity index is 3540. The van der Waals surface area contributed by atoms with Gasteiger partial charge in [-0.25, -0.2) is 0 Å². The summed E-state index contributed by atoms with van der Waals surface area (Å²) in [5.41, 5.74) is 13.8. The predicted octanol–water partition coefficient (Wildman–Crippen LogP) is 16.3. The van der Waals surface area contributed by atoms with E-state index in [1.54, 1.807) is 0 Å². The molecule has 0 saturated heterocycles. The minimum absolute atomic E-state index is 0.896. The molecule has 12 rings (SSSR count). The molecule has 0 saturated carbocycles. The van der Waals surface area contributed by atoms with Gasteiger partial charge in [0.1, 0.15) is 22.3 Å². The Kier molecular flexibility index (Phi) is 7.54. The van der Waals surface area contributed by atoms with E-state index in [4.69, 9.17) is 8.83 Å². The Labute approximate surface area is 340 Å². The summed E-state index contributed by atoms with van der Waals surface area (Å²) in [5, 5.41) is 9.27. The zero-order chi connectivity index (χ0) is 38.9. The van der Waals surface area contributed by atoms with Crippen molar-refractivity contribution in [3.8, 4) is 33.4 Å². The summed E-state index contributed by atoms with van der Waals surface area (Å²) in [6.45, 7) is 0. The van der Waals surface area contributed by atoms with Gasteiger partial charge in [0.05, 0.1) is 0 Å². The summed E-state index contributed by atoms with van der Waals surface area (Å²) in [5.74, 6) is 0. The summed E-state index contributed by atoms with van der Waals surface area (Å²) in [6.07, 6.45) is 0. The van der Waals surface area contributed by atoms with Crippen LogP contribution in [0.3, 0.4) is 0 Å². The molecule has 59 heavy (non-hydrogen) atoms. The fourth-order valence-electron chi connectivity index (χ4n) is 8.97. The van der Waals surface area contributed by atoms with Crippen molar-refractivity contribution in [3.05, 3.63) is 212 Å². The number of hydrogen-bond acceptors (Lipinski definition) is 3. The molecule has 0 unspecified atom stereocenters. The van der Waals surface area contributed by atoms with Gasteiger partial charge in [0.25, 0.3) is 0 Å². The van der Waals surface area contributed by atoms with E-state index in [2.05, 4.69) is 205 Å². The van der Waals surface area contributed by atoms with Gasteiger partial charge in [0.2, 0.25) is 0 Å². The number of fused-ring (bicyclic) bond motifs is 9. The van der Waals surface area contributed by atoms with E-state index in [9.17, 15) is 0 Å². The highest BCUT2D eigenvalue weighted by atomic mass is 16.3. The average Bonchev–Trinajstić information content (AvgIpc) is 3.88. The Morgan fingerprint density at radius 3 is 1.68 bits per heavy atom. The van der Waals surface area contributed by atoms with Crippen LogP contribution in [0.2, 0.25) is 0 Å². The normalized spacial score (nSPS) is 11.7. The van der Waals surface area contributed by atoms with Gasteiger partial charge in [-0.05, 0) is 111 Å². The Balaban J connectivity index is 0.926. The highest BCUT2D eigenvalue weighted by molar-refractivity contribution is 6.21. The minimum atomic E-state index is 0.896. The fraction of sp³-hybridized carbons (Fsp3) is 0. The van der Waals surface area contributed by atoms with Crippen molar-refractivity contribution in [3.63, 3.8) is 0 Å². The van der Waals surface area contributed by atoms with Crippen molar-refractivity contribution in [2.45, 2.75) is 0 Å². The molecule has 0 radical (unpaired) electrons. The first kappa shape index (κ1) is 33.3. The lowest BCUT2D eigenvalue weighted by atomic mass is 9.93. The summed E-state index contributed by atoms with van der Waals surface area (Å²) in [6, 6.07) is 75.7. The van der Waals surface area contributed by atoms with Crippen LogP contribution in [0.1, 0.15) is 0 Å². The smallest absolute Gasteiger partial charge is 0.143 e. The van der Waals surface area contributed by atoms with E-state index in [0.717, 1.165) is 88.6 Å². The molecular weight excluding hydrogens is 719 g/mol. The molecule has 10 aromatic carbocycles. The van der Waals surface area contributed by atoms with E-state index in [1.807, 2.05) is 12.1 Å². The summed E-state index contributed by atoms with van der Waals surface area (Å²) in [7, 11) is 0. The monoisotopic (exact) mass is 753 g/mol. The van der Waals surface area contributed by atoms with E-state index >= 15 is 0 Å². The van der Waals surface area contributed by atoms with Crippen LogP contribution in [0.25, 0.3) is 98.8 Å². The van der Waals surface area contributed by atoms with Crippen molar-refractivity contribution in [2.75, 3.05) is 4.90 Å². The molecule has 3 nitrogen and oxygen atoms in total. The molecule has 2 aromatic heterocycles. The summed E-state index contributed by atoms with van der Waals surface area (Å²) in [4.78, 5) is 2.31. The number of anilines is 3. The zero-order valence-corrected chi connectivity index (χ0v) is 32.0. The maximum Gasteiger partial charge on any atom is 0.143 e. The van der Waals surface area contributed by atoms with Crippen LogP contribution in [0.15, 0.2) is 221 Å². The maximum absolute atomic E-state index is 6.90. The predicted molar refractivity (Wildman–Crippen MR) is 247 cm³/mol. The maximum atomic E-state index is 6.90. The van der Waals surface area contributed by atoms with E-state index < -0.39 is 0 Å². The summed E-state index contributed by atoms with van der Waals surface area (Å²) >= 11 is 0. The average molecular weight is 754 g/mol. The van der Waals surface area contributed by atoms with Gasteiger partial charge in [-0.1, -0.05) is 146 Å². The van der Waals surface area contributed by atoms with Crippen LogP contribution in [0.5, 0.6) is 0 Å².